The Morgan fingerprint density at radius 1 is 1.37 bits per heavy atom. The molecule has 2 rings (SSSR count). The van der Waals surface area contributed by atoms with Crippen molar-refractivity contribution in [2.24, 2.45) is 0 Å². The molecule has 1 aromatic rings. The average Bonchev–Trinajstić information content (AvgIpc) is 2.39. The Kier molecular flexibility index (Phi) is 4.41. The predicted molar refractivity (Wildman–Crippen MR) is 79.5 cm³/mol. The van der Waals surface area contributed by atoms with Crippen LogP contribution < -0.4 is 5.32 Å². The van der Waals surface area contributed by atoms with Gasteiger partial charge in [-0.15, -0.1) is 0 Å². The first kappa shape index (κ1) is 14.3. The van der Waals surface area contributed by atoms with Crippen LogP contribution in [-0.4, -0.2) is 17.9 Å². The first-order chi connectivity index (χ1) is 9.04. The Labute approximate surface area is 116 Å². The third-order valence-corrected chi connectivity index (χ3v) is 4.24. The molecule has 0 fully saturated rings. The molecule has 1 N–H and O–H groups in total. The lowest BCUT2D eigenvalue weighted by Gasteiger charge is -2.29. The van der Waals surface area contributed by atoms with Crippen LogP contribution in [-0.2, 0) is 11.2 Å². The second-order valence-electron chi connectivity index (χ2n) is 6.07. The van der Waals surface area contributed by atoms with Gasteiger partial charge in [0.15, 0.2) is 5.78 Å². The van der Waals surface area contributed by atoms with E-state index in [1.807, 2.05) is 20.8 Å². The van der Waals surface area contributed by atoms with E-state index in [1.54, 1.807) is 0 Å². The van der Waals surface area contributed by atoms with E-state index in [0.717, 1.165) is 19.4 Å². The number of fused-ring (bicyclic) bond motifs is 1. The smallest absolute Gasteiger partial charge is 0.152 e. The molecule has 0 amide bonds. The fourth-order valence-electron chi connectivity index (χ4n) is 3.09. The molecule has 2 nitrogen and oxygen atoms in total. The van der Waals surface area contributed by atoms with Crippen molar-refractivity contribution in [3.63, 3.8) is 0 Å². The summed E-state index contributed by atoms with van der Waals surface area (Å²) in [6.45, 7) is 6.87. The van der Waals surface area contributed by atoms with Crippen LogP contribution in [0.25, 0.3) is 0 Å². The minimum Gasteiger partial charge on any atom is -0.306 e. The fraction of sp³-hybridized carbons (Fsp3) is 0.588. The summed E-state index contributed by atoms with van der Waals surface area (Å²) >= 11 is 0. The largest absolute Gasteiger partial charge is 0.306 e. The standard InChI is InChI=1S/C17H25NO/c1-4-18-17(2,3)16(19)12-14-10-7-9-13-8-5-6-11-15(13)14/h5-6,8,11,14,18H,4,7,9-10,12H2,1-3H3. The summed E-state index contributed by atoms with van der Waals surface area (Å²) in [6.07, 6.45) is 4.18. The number of hydrogen-bond donors (Lipinski definition) is 1. The number of Topliss-reactive ketones (excluding diaryl/α,β-unsaturated/α-hetero) is 1. The molecule has 1 atom stereocenters. The number of aryl methyl sites for hydroxylation is 1. The zero-order chi connectivity index (χ0) is 13.9. The minimum atomic E-state index is -0.402. The summed E-state index contributed by atoms with van der Waals surface area (Å²) in [5, 5.41) is 3.29. The number of ketones is 1. The maximum absolute atomic E-state index is 12.5. The highest BCUT2D eigenvalue weighted by Crippen LogP contribution is 2.34. The SMILES string of the molecule is CCNC(C)(C)C(=O)CC1CCCc2ccccc21. The highest BCUT2D eigenvalue weighted by molar-refractivity contribution is 5.88. The number of hydrogen-bond acceptors (Lipinski definition) is 2. The first-order valence-electron chi connectivity index (χ1n) is 7.40. The number of carbonyl (C=O) groups is 1. The second-order valence-corrected chi connectivity index (χ2v) is 6.07. The van der Waals surface area contributed by atoms with E-state index >= 15 is 0 Å². The molecule has 0 saturated carbocycles. The van der Waals surface area contributed by atoms with Gasteiger partial charge >= 0.3 is 0 Å². The zero-order valence-corrected chi connectivity index (χ0v) is 12.3. The van der Waals surface area contributed by atoms with Gasteiger partial charge < -0.3 is 5.32 Å². The van der Waals surface area contributed by atoms with Crippen molar-refractivity contribution in [2.75, 3.05) is 6.54 Å². The van der Waals surface area contributed by atoms with Crippen LogP contribution in [0.4, 0.5) is 0 Å². The molecule has 1 unspecified atom stereocenters. The Bertz CT molecular complexity index is 450. The van der Waals surface area contributed by atoms with Crippen molar-refractivity contribution in [3.8, 4) is 0 Å². The van der Waals surface area contributed by atoms with Crippen LogP contribution in [0.15, 0.2) is 24.3 Å². The van der Waals surface area contributed by atoms with Crippen LogP contribution in [0.5, 0.6) is 0 Å². The Hall–Kier alpha value is -1.15. The second kappa shape index (κ2) is 5.87. The molecule has 0 bridgehead atoms. The van der Waals surface area contributed by atoms with Gasteiger partial charge in [-0.1, -0.05) is 31.2 Å². The van der Waals surface area contributed by atoms with Crippen LogP contribution in [0.1, 0.15) is 57.1 Å². The van der Waals surface area contributed by atoms with E-state index in [0.29, 0.717) is 18.1 Å². The molecule has 0 spiro atoms. The molecule has 0 heterocycles. The van der Waals surface area contributed by atoms with Gasteiger partial charge in [0, 0.05) is 6.42 Å². The van der Waals surface area contributed by atoms with E-state index in [9.17, 15) is 4.79 Å². The van der Waals surface area contributed by atoms with Crippen molar-refractivity contribution in [3.05, 3.63) is 35.4 Å². The molecule has 104 valence electrons. The summed E-state index contributed by atoms with van der Waals surface area (Å²) in [7, 11) is 0. The monoisotopic (exact) mass is 259 g/mol. The molecular weight excluding hydrogens is 234 g/mol. The van der Waals surface area contributed by atoms with Crippen LogP contribution >= 0.6 is 0 Å². The van der Waals surface area contributed by atoms with Gasteiger partial charge in [0.05, 0.1) is 5.54 Å². The van der Waals surface area contributed by atoms with E-state index in [4.69, 9.17) is 0 Å². The highest BCUT2D eigenvalue weighted by Gasteiger charge is 2.30. The van der Waals surface area contributed by atoms with Gasteiger partial charge in [0.2, 0.25) is 0 Å². The fourth-order valence-corrected chi connectivity index (χ4v) is 3.09. The van der Waals surface area contributed by atoms with E-state index in [2.05, 4.69) is 29.6 Å². The van der Waals surface area contributed by atoms with E-state index in [1.165, 1.54) is 17.5 Å². The van der Waals surface area contributed by atoms with Crippen molar-refractivity contribution in [2.45, 2.75) is 57.9 Å². The van der Waals surface area contributed by atoms with Crippen LogP contribution in [0.2, 0.25) is 0 Å². The molecule has 0 saturated heterocycles. The lowest BCUT2D eigenvalue weighted by Crippen LogP contribution is -2.47. The quantitative estimate of drug-likeness (QED) is 0.877. The lowest BCUT2D eigenvalue weighted by molar-refractivity contribution is -0.124. The average molecular weight is 259 g/mol. The van der Waals surface area contributed by atoms with Crippen molar-refractivity contribution >= 4 is 5.78 Å². The van der Waals surface area contributed by atoms with Gasteiger partial charge in [-0.3, -0.25) is 4.79 Å². The molecule has 1 aromatic carbocycles. The van der Waals surface area contributed by atoms with E-state index < -0.39 is 5.54 Å². The van der Waals surface area contributed by atoms with Gasteiger partial charge in [-0.2, -0.15) is 0 Å². The summed E-state index contributed by atoms with van der Waals surface area (Å²) in [5.41, 5.74) is 2.43. The van der Waals surface area contributed by atoms with Gasteiger partial charge in [-0.05, 0) is 56.7 Å². The summed E-state index contributed by atoms with van der Waals surface area (Å²) in [6, 6.07) is 8.61. The third-order valence-electron chi connectivity index (χ3n) is 4.24. The Balaban J connectivity index is 2.11. The normalized spacial score (nSPS) is 19.0. The molecule has 1 aliphatic carbocycles. The van der Waals surface area contributed by atoms with Gasteiger partial charge in [0.1, 0.15) is 0 Å². The number of carbonyl (C=O) groups excluding carboxylic acids is 1. The Morgan fingerprint density at radius 2 is 2.11 bits per heavy atom. The van der Waals surface area contributed by atoms with Crippen molar-refractivity contribution in [1.29, 1.82) is 0 Å². The highest BCUT2D eigenvalue weighted by atomic mass is 16.1. The number of rotatable bonds is 5. The minimum absolute atomic E-state index is 0.330. The maximum Gasteiger partial charge on any atom is 0.152 e. The molecule has 19 heavy (non-hydrogen) atoms. The molecular formula is C17H25NO. The van der Waals surface area contributed by atoms with Crippen LogP contribution in [0.3, 0.4) is 0 Å². The third kappa shape index (κ3) is 3.24. The topological polar surface area (TPSA) is 29.1 Å². The molecule has 0 aliphatic heterocycles. The number of nitrogens with one attached hydrogen (secondary N) is 1. The molecule has 1 aliphatic rings. The van der Waals surface area contributed by atoms with Crippen molar-refractivity contribution in [1.82, 2.24) is 5.32 Å². The van der Waals surface area contributed by atoms with Crippen LogP contribution in [0, 0.1) is 0 Å². The van der Waals surface area contributed by atoms with Crippen molar-refractivity contribution < 1.29 is 4.79 Å². The molecule has 2 heteroatoms. The summed E-state index contributed by atoms with van der Waals surface area (Å²) in [5.74, 6) is 0.742. The first-order valence-corrected chi connectivity index (χ1v) is 7.40. The summed E-state index contributed by atoms with van der Waals surface area (Å²) < 4.78 is 0. The lowest BCUT2D eigenvalue weighted by atomic mass is 9.78. The maximum atomic E-state index is 12.5. The summed E-state index contributed by atoms with van der Waals surface area (Å²) in [4.78, 5) is 12.5. The number of benzene rings is 1. The predicted octanol–water partition coefficient (Wildman–Crippen LogP) is 3.45. The number of likely N-dealkylation sites (N-methyl/N-ethyl adjacent to an activating group) is 1. The van der Waals surface area contributed by atoms with Gasteiger partial charge in [-0.25, -0.2) is 0 Å². The Morgan fingerprint density at radius 3 is 2.84 bits per heavy atom. The zero-order valence-electron chi connectivity index (χ0n) is 12.3. The van der Waals surface area contributed by atoms with E-state index in [-0.39, 0.29) is 0 Å². The molecule has 0 radical (unpaired) electrons. The molecule has 0 aromatic heterocycles. The van der Waals surface area contributed by atoms with Gasteiger partial charge in [0.25, 0.3) is 0 Å².